The number of nitrogens with zero attached hydrogens (tertiary/aromatic N) is 2. The lowest BCUT2D eigenvalue weighted by Crippen LogP contribution is -2.57. The minimum Gasteiger partial charge on any atom is -0.481 e. The molecular formula is C32H23Cl2N3O5. The van der Waals surface area contributed by atoms with Crippen LogP contribution in [0.4, 0.5) is 21.9 Å². The van der Waals surface area contributed by atoms with Crippen LogP contribution in [0.1, 0.15) is 11.1 Å². The van der Waals surface area contributed by atoms with Gasteiger partial charge in [-0.25, -0.2) is 14.6 Å². The molecule has 1 saturated heterocycles. The number of anilines is 3. The fourth-order valence-corrected chi connectivity index (χ4v) is 4.98. The van der Waals surface area contributed by atoms with Gasteiger partial charge in [0, 0.05) is 5.69 Å². The molecule has 0 spiro atoms. The Hall–Kier alpha value is -4.92. The van der Waals surface area contributed by atoms with E-state index >= 15 is 0 Å². The molecule has 10 heteroatoms. The number of aryl methyl sites for hydroxylation is 1. The number of imide groups is 2. The van der Waals surface area contributed by atoms with E-state index in [1.165, 1.54) is 18.2 Å². The van der Waals surface area contributed by atoms with Crippen molar-refractivity contribution in [2.45, 2.75) is 6.92 Å². The Morgan fingerprint density at radius 1 is 0.786 bits per heavy atom. The zero-order valence-corrected chi connectivity index (χ0v) is 23.7. The molecule has 0 bridgehead atoms. The summed E-state index contributed by atoms with van der Waals surface area (Å²) in [6.07, 6.45) is 1.31. The van der Waals surface area contributed by atoms with Crippen LogP contribution < -0.4 is 19.9 Å². The number of rotatable bonds is 7. The highest BCUT2D eigenvalue weighted by Gasteiger charge is 2.43. The molecule has 1 fully saturated rings. The van der Waals surface area contributed by atoms with E-state index in [-0.39, 0.29) is 28.0 Å². The predicted octanol–water partition coefficient (Wildman–Crippen LogP) is 6.90. The van der Waals surface area contributed by atoms with Crippen LogP contribution in [0.5, 0.6) is 5.75 Å². The van der Waals surface area contributed by atoms with E-state index in [9.17, 15) is 19.2 Å². The minimum absolute atomic E-state index is 0.0596. The quantitative estimate of drug-likeness (QED) is 0.184. The molecule has 1 aliphatic rings. The van der Waals surface area contributed by atoms with Crippen molar-refractivity contribution in [3.63, 3.8) is 0 Å². The van der Waals surface area contributed by atoms with Gasteiger partial charge in [-0.05, 0) is 72.7 Å². The lowest BCUT2D eigenvalue weighted by Gasteiger charge is -2.33. The summed E-state index contributed by atoms with van der Waals surface area (Å²) in [5, 5.41) is 2.85. The maximum Gasteiger partial charge on any atom is 0.343 e. The summed E-state index contributed by atoms with van der Waals surface area (Å²) in [6, 6.07) is 26.0. The summed E-state index contributed by atoms with van der Waals surface area (Å²) in [5.74, 6) is -1.95. The fraction of sp³-hybridized carbons (Fsp3) is 0.0625. The standard InChI is InChI=1S/C32H23Cl2N3O5/c1-20-9-8-10-22(15-20)35-28(38)19-42-29-26(33)17-21(18-27(29)34)16-25-30(39)36(23-11-4-2-5-12-23)32(41)37(31(25)40)24-13-6-3-7-14-24/h2-18H,19H2,1H3,(H,35,38). The normalized spacial score (nSPS) is 13.3. The summed E-state index contributed by atoms with van der Waals surface area (Å²) in [7, 11) is 0. The van der Waals surface area contributed by atoms with Gasteiger partial charge >= 0.3 is 6.03 Å². The van der Waals surface area contributed by atoms with Gasteiger partial charge in [0.2, 0.25) is 0 Å². The smallest absolute Gasteiger partial charge is 0.343 e. The van der Waals surface area contributed by atoms with E-state index < -0.39 is 23.8 Å². The molecule has 1 heterocycles. The van der Waals surface area contributed by atoms with E-state index in [1.54, 1.807) is 66.7 Å². The van der Waals surface area contributed by atoms with E-state index in [4.69, 9.17) is 27.9 Å². The van der Waals surface area contributed by atoms with Gasteiger partial charge < -0.3 is 10.1 Å². The van der Waals surface area contributed by atoms with Gasteiger partial charge in [-0.1, -0.05) is 71.7 Å². The molecule has 210 valence electrons. The maximum absolute atomic E-state index is 13.6. The molecule has 0 aromatic heterocycles. The first-order chi connectivity index (χ1) is 20.2. The Kier molecular flexibility index (Phi) is 8.38. The number of halogens is 2. The summed E-state index contributed by atoms with van der Waals surface area (Å²) < 4.78 is 5.59. The highest BCUT2D eigenvalue weighted by molar-refractivity contribution is 6.46. The monoisotopic (exact) mass is 599 g/mol. The van der Waals surface area contributed by atoms with Crippen LogP contribution in [0.2, 0.25) is 10.0 Å². The van der Waals surface area contributed by atoms with Crippen molar-refractivity contribution in [3.05, 3.63) is 124 Å². The van der Waals surface area contributed by atoms with Crippen molar-refractivity contribution in [1.29, 1.82) is 0 Å². The van der Waals surface area contributed by atoms with Crippen molar-refractivity contribution >= 4 is 70.1 Å². The van der Waals surface area contributed by atoms with Gasteiger partial charge in [0.15, 0.2) is 12.4 Å². The Morgan fingerprint density at radius 3 is 1.86 bits per heavy atom. The number of nitrogens with one attached hydrogen (secondary N) is 1. The predicted molar refractivity (Wildman–Crippen MR) is 163 cm³/mol. The van der Waals surface area contributed by atoms with E-state index in [0.29, 0.717) is 22.6 Å². The van der Waals surface area contributed by atoms with Gasteiger partial charge in [-0.15, -0.1) is 0 Å². The van der Waals surface area contributed by atoms with Crippen molar-refractivity contribution < 1.29 is 23.9 Å². The highest BCUT2D eigenvalue weighted by atomic mass is 35.5. The lowest BCUT2D eigenvalue weighted by atomic mass is 10.0. The van der Waals surface area contributed by atoms with Gasteiger partial charge in [-0.2, -0.15) is 0 Å². The van der Waals surface area contributed by atoms with Gasteiger partial charge in [0.25, 0.3) is 17.7 Å². The van der Waals surface area contributed by atoms with Crippen LogP contribution >= 0.6 is 23.2 Å². The molecule has 0 radical (unpaired) electrons. The first-order valence-corrected chi connectivity index (χ1v) is 13.5. The van der Waals surface area contributed by atoms with Crippen LogP contribution in [-0.4, -0.2) is 30.4 Å². The zero-order chi connectivity index (χ0) is 29.8. The number of carbonyl (C=O) groups excluding carboxylic acids is 4. The molecule has 0 unspecified atom stereocenters. The molecule has 4 aromatic carbocycles. The molecule has 1 N–H and O–H groups in total. The van der Waals surface area contributed by atoms with Crippen molar-refractivity contribution in [3.8, 4) is 5.75 Å². The number of ether oxygens (including phenoxy) is 1. The van der Waals surface area contributed by atoms with Gasteiger partial charge in [-0.3, -0.25) is 14.4 Å². The van der Waals surface area contributed by atoms with Crippen molar-refractivity contribution in [2.24, 2.45) is 0 Å². The number of hydrogen-bond donors (Lipinski definition) is 1. The Morgan fingerprint density at radius 2 is 1.33 bits per heavy atom. The minimum atomic E-state index is -0.802. The fourth-order valence-electron chi connectivity index (χ4n) is 4.36. The second-order valence-corrected chi connectivity index (χ2v) is 10.1. The Bertz CT molecular complexity index is 1640. The molecule has 0 aliphatic carbocycles. The summed E-state index contributed by atoms with van der Waals surface area (Å²) >= 11 is 12.9. The summed E-state index contributed by atoms with van der Waals surface area (Å²) in [6.45, 7) is 1.55. The van der Waals surface area contributed by atoms with E-state index in [1.807, 2.05) is 25.1 Å². The molecule has 8 nitrogen and oxygen atoms in total. The van der Waals surface area contributed by atoms with Gasteiger partial charge in [0.05, 0.1) is 21.4 Å². The van der Waals surface area contributed by atoms with E-state index in [0.717, 1.165) is 15.4 Å². The number of amides is 5. The SMILES string of the molecule is Cc1cccc(NC(=O)COc2c(Cl)cc(C=C3C(=O)N(c4ccccc4)C(=O)N(c4ccccc4)C3=O)cc2Cl)c1. The van der Waals surface area contributed by atoms with E-state index in [2.05, 4.69) is 5.32 Å². The molecule has 5 amide bonds. The third-order valence-corrected chi connectivity index (χ3v) is 6.82. The average molecular weight is 600 g/mol. The molecule has 0 atom stereocenters. The second kappa shape index (κ2) is 12.3. The lowest BCUT2D eigenvalue weighted by molar-refractivity contribution is -0.121. The molecular weight excluding hydrogens is 577 g/mol. The van der Waals surface area contributed by atoms with Crippen LogP contribution in [0, 0.1) is 6.92 Å². The largest absolute Gasteiger partial charge is 0.481 e. The summed E-state index contributed by atoms with van der Waals surface area (Å²) in [5.41, 5.74) is 2.25. The average Bonchev–Trinajstić information content (AvgIpc) is 2.96. The van der Waals surface area contributed by atoms with Crippen LogP contribution in [0.25, 0.3) is 6.08 Å². The number of benzene rings is 4. The van der Waals surface area contributed by atoms with Crippen LogP contribution in [0.15, 0.2) is 103 Å². The topological polar surface area (TPSA) is 96.0 Å². The molecule has 4 aromatic rings. The first-order valence-electron chi connectivity index (χ1n) is 12.8. The third kappa shape index (κ3) is 6.05. The van der Waals surface area contributed by atoms with Crippen molar-refractivity contribution in [1.82, 2.24) is 0 Å². The number of urea groups is 1. The van der Waals surface area contributed by atoms with Gasteiger partial charge in [0.1, 0.15) is 5.57 Å². The Balaban J connectivity index is 1.43. The first kappa shape index (κ1) is 28.6. The van der Waals surface area contributed by atoms with Crippen LogP contribution in [0.3, 0.4) is 0 Å². The number of carbonyl (C=O) groups is 4. The molecule has 42 heavy (non-hydrogen) atoms. The molecule has 1 aliphatic heterocycles. The second-order valence-electron chi connectivity index (χ2n) is 9.31. The number of hydrogen-bond acceptors (Lipinski definition) is 5. The van der Waals surface area contributed by atoms with Crippen LogP contribution in [-0.2, 0) is 14.4 Å². The van der Waals surface area contributed by atoms with Crippen molar-refractivity contribution in [2.75, 3.05) is 21.7 Å². The zero-order valence-electron chi connectivity index (χ0n) is 22.2. The number of para-hydroxylation sites is 2. The Labute approximate surface area is 251 Å². The summed E-state index contributed by atoms with van der Waals surface area (Å²) in [4.78, 5) is 54.9. The number of barbiturate groups is 1. The maximum atomic E-state index is 13.6. The molecule has 0 saturated carbocycles. The third-order valence-electron chi connectivity index (χ3n) is 6.26. The highest BCUT2D eigenvalue weighted by Crippen LogP contribution is 2.36. The molecule has 5 rings (SSSR count).